The Morgan fingerprint density at radius 1 is 0.780 bits per heavy atom. The van der Waals surface area contributed by atoms with E-state index in [9.17, 15) is 18.5 Å². The van der Waals surface area contributed by atoms with Gasteiger partial charge < -0.3 is 19.5 Å². The van der Waals surface area contributed by atoms with Gasteiger partial charge >= 0.3 is 13.6 Å². The number of halogens is 1. The molecule has 4 aromatic carbocycles. The van der Waals surface area contributed by atoms with E-state index in [4.69, 9.17) is 14.2 Å². The minimum atomic E-state index is -3.87. The molecular weight excluding hydrogens is 546 g/mol. The highest BCUT2D eigenvalue weighted by Crippen LogP contribution is 2.47. The van der Waals surface area contributed by atoms with E-state index in [1.165, 1.54) is 12.1 Å². The zero-order valence-corrected chi connectivity index (χ0v) is 23.0. The van der Waals surface area contributed by atoms with E-state index in [2.05, 4.69) is 10.6 Å². The lowest BCUT2D eigenvalue weighted by Crippen LogP contribution is -2.46. The quantitative estimate of drug-likeness (QED) is 0.160. The summed E-state index contributed by atoms with van der Waals surface area (Å²) in [6, 6.07) is 29.8. The van der Waals surface area contributed by atoms with Crippen LogP contribution in [0.2, 0.25) is 0 Å². The summed E-state index contributed by atoms with van der Waals surface area (Å²) in [7, 11) is -3.87. The zero-order valence-electron chi connectivity index (χ0n) is 22.1. The van der Waals surface area contributed by atoms with E-state index in [1.807, 2.05) is 24.3 Å². The Bertz CT molecular complexity index is 1420. The van der Waals surface area contributed by atoms with Crippen LogP contribution in [0.5, 0.6) is 11.5 Å². The van der Waals surface area contributed by atoms with Gasteiger partial charge in [0.05, 0.1) is 12.5 Å². The average molecular weight is 577 g/mol. The molecule has 4 aromatic rings. The number of para-hydroxylation sites is 2. The highest BCUT2D eigenvalue weighted by atomic mass is 31.2. The molecule has 212 valence electrons. The maximum atomic E-state index is 13.9. The van der Waals surface area contributed by atoms with Crippen LogP contribution in [0.1, 0.15) is 12.0 Å². The van der Waals surface area contributed by atoms with E-state index < -0.39 is 25.5 Å². The SMILES string of the molecule is O=C(O)CCNC(=O)[C@H](Cc1ccc(-c2ccc(F)cc2)cc1)NCP(=O)(Oc1ccccc1)Oc1ccccc1. The van der Waals surface area contributed by atoms with Gasteiger partial charge in [-0.3, -0.25) is 14.9 Å². The molecule has 41 heavy (non-hydrogen) atoms. The minimum Gasteiger partial charge on any atom is -0.481 e. The molecule has 0 bridgehead atoms. The highest BCUT2D eigenvalue weighted by Gasteiger charge is 2.31. The number of aliphatic carboxylic acids is 1. The number of benzene rings is 4. The van der Waals surface area contributed by atoms with Crippen LogP contribution >= 0.6 is 7.60 Å². The number of hydrogen-bond donors (Lipinski definition) is 3. The normalized spacial score (nSPS) is 11.8. The summed E-state index contributed by atoms with van der Waals surface area (Å²) in [4.78, 5) is 24.1. The highest BCUT2D eigenvalue weighted by molar-refractivity contribution is 7.54. The molecule has 0 aliphatic heterocycles. The van der Waals surface area contributed by atoms with Crippen LogP contribution in [0.3, 0.4) is 0 Å². The first-order chi connectivity index (χ1) is 19.8. The van der Waals surface area contributed by atoms with Gasteiger partial charge in [-0.05, 0) is 59.5 Å². The molecular formula is C31H30FN2O6P. The van der Waals surface area contributed by atoms with E-state index in [0.717, 1.165) is 16.7 Å². The van der Waals surface area contributed by atoms with Gasteiger partial charge in [-0.15, -0.1) is 0 Å². The van der Waals surface area contributed by atoms with Crippen molar-refractivity contribution in [1.82, 2.24) is 10.6 Å². The van der Waals surface area contributed by atoms with Crippen molar-refractivity contribution in [3.63, 3.8) is 0 Å². The second kappa shape index (κ2) is 14.3. The predicted molar refractivity (Wildman–Crippen MR) is 154 cm³/mol. The maximum Gasteiger partial charge on any atom is 0.444 e. The van der Waals surface area contributed by atoms with Gasteiger partial charge in [-0.2, -0.15) is 0 Å². The van der Waals surface area contributed by atoms with Gasteiger partial charge in [0.25, 0.3) is 0 Å². The fourth-order valence-corrected chi connectivity index (χ4v) is 5.47. The Hall–Kier alpha value is -4.46. The van der Waals surface area contributed by atoms with Crippen molar-refractivity contribution < 1.29 is 32.7 Å². The molecule has 0 saturated carbocycles. The maximum absolute atomic E-state index is 13.9. The van der Waals surface area contributed by atoms with Gasteiger partial charge in [0.1, 0.15) is 23.6 Å². The molecule has 0 unspecified atom stereocenters. The fourth-order valence-electron chi connectivity index (χ4n) is 3.97. The van der Waals surface area contributed by atoms with Crippen LogP contribution in [0.25, 0.3) is 11.1 Å². The summed E-state index contributed by atoms with van der Waals surface area (Å²) >= 11 is 0. The van der Waals surface area contributed by atoms with Crippen molar-refractivity contribution in [3.8, 4) is 22.6 Å². The summed E-state index contributed by atoms with van der Waals surface area (Å²) in [5, 5.41) is 14.6. The summed E-state index contributed by atoms with van der Waals surface area (Å²) in [5.74, 6) is -1.14. The molecule has 0 heterocycles. The molecule has 0 aromatic heterocycles. The largest absolute Gasteiger partial charge is 0.481 e. The van der Waals surface area contributed by atoms with Gasteiger partial charge in [-0.25, -0.2) is 8.96 Å². The van der Waals surface area contributed by atoms with E-state index in [-0.39, 0.29) is 31.5 Å². The Morgan fingerprint density at radius 3 is 1.80 bits per heavy atom. The molecule has 1 atom stereocenters. The van der Waals surface area contributed by atoms with Crippen LogP contribution in [-0.2, 0) is 20.6 Å². The number of carbonyl (C=O) groups is 2. The van der Waals surface area contributed by atoms with Crippen molar-refractivity contribution in [1.29, 1.82) is 0 Å². The molecule has 0 fully saturated rings. The lowest BCUT2D eigenvalue weighted by molar-refractivity contribution is -0.137. The molecule has 0 aliphatic carbocycles. The van der Waals surface area contributed by atoms with Crippen LogP contribution < -0.4 is 19.7 Å². The number of amides is 1. The Labute approximate surface area is 237 Å². The smallest absolute Gasteiger partial charge is 0.444 e. The zero-order chi connectivity index (χ0) is 29.1. The van der Waals surface area contributed by atoms with E-state index >= 15 is 0 Å². The second-order valence-corrected chi connectivity index (χ2v) is 11.1. The Kier molecular flexibility index (Phi) is 10.3. The molecule has 8 nitrogen and oxygen atoms in total. The molecule has 0 saturated heterocycles. The molecule has 1 amide bonds. The molecule has 10 heteroatoms. The third-order valence-electron chi connectivity index (χ3n) is 6.03. The van der Waals surface area contributed by atoms with Crippen molar-refractivity contribution in [2.75, 3.05) is 12.8 Å². The first-order valence-corrected chi connectivity index (χ1v) is 14.7. The molecule has 0 aliphatic rings. The number of carboxylic acids is 1. The van der Waals surface area contributed by atoms with Crippen molar-refractivity contribution >= 4 is 19.5 Å². The summed E-state index contributed by atoms with van der Waals surface area (Å²) in [6.07, 6.45) is -0.335. The second-order valence-electron chi connectivity index (χ2n) is 9.18. The first-order valence-electron chi connectivity index (χ1n) is 13.0. The van der Waals surface area contributed by atoms with Gasteiger partial charge in [0, 0.05) is 6.54 Å². The summed E-state index contributed by atoms with van der Waals surface area (Å²) in [5.41, 5.74) is 2.52. The monoisotopic (exact) mass is 576 g/mol. The first kappa shape index (κ1) is 29.5. The van der Waals surface area contributed by atoms with Gasteiger partial charge in [-0.1, -0.05) is 72.8 Å². The standard InChI is InChI=1S/C31H30FN2O6P/c32-26-17-15-25(16-18-26)24-13-11-23(12-14-24)21-29(31(37)33-20-19-30(35)36)34-22-41(38,39-27-7-3-1-4-8-27)40-28-9-5-2-6-10-28/h1-18,29,34H,19-22H2,(H,33,37)(H,35,36)/t29-/m0/s1. The summed E-state index contributed by atoms with van der Waals surface area (Å²) < 4.78 is 38.8. The van der Waals surface area contributed by atoms with Crippen molar-refractivity contribution in [2.45, 2.75) is 18.9 Å². The number of nitrogens with one attached hydrogen (secondary N) is 2. The molecule has 0 spiro atoms. The third-order valence-corrected chi connectivity index (χ3v) is 7.58. The summed E-state index contributed by atoms with van der Waals surface area (Å²) in [6.45, 7) is -0.0610. The molecule has 0 radical (unpaired) electrons. The number of hydrogen-bond acceptors (Lipinski definition) is 6. The van der Waals surface area contributed by atoms with Crippen LogP contribution in [0, 0.1) is 5.82 Å². The van der Waals surface area contributed by atoms with Crippen LogP contribution in [0.15, 0.2) is 109 Å². The Morgan fingerprint density at radius 2 is 1.29 bits per heavy atom. The van der Waals surface area contributed by atoms with Gasteiger partial charge in [0.15, 0.2) is 0 Å². The topological polar surface area (TPSA) is 114 Å². The fraction of sp³-hybridized carbons (Fsp3) is 0.161. The van der Waals surface area contributed by atoms with Crippen LogP contribution in [0.4, 0.5) is 4.39 Å². The van der Waals surface area contributed by atoms with Crippen LogP contribution in [-0.4, -0.2) is 35.9 Å². The number of carboxylic acid groups (broad SMARTS) is 1. The lowest BCUT2D eigenvalue weighted by Gasteiger charge is -2.24. The molecule has 3 N–H and O–H groups in total. The van der Waals surface area contributed by atoms with Gasteiger partial charge in [0.2, 0.25) is 5.91 Å². The van der Waals surface area contributed by atoms with E-state index in [1.54, 1.807) is 72.8 Å². The number of carbonyl (C=O) groups excluding carboxylic acids is 1. The third kappa shape index (κ3) is 9.31. The molecule has 4 rings (SSSR count). The Balaban J connectivity index is 1.52. The average Bonchev–Trinajstić information content (AvgIpc) is 2.97. The number of rotatable bonds is 14. The minimum absolute atomic E-state index is 0.0610. The van der Waals surface area contributed by atoms with Crippen molar-refractivity contribution in [3.05, 3.63) is 121 Å². The van der Waals surface area contributed by atoms with Crippen molar-refractivity contribution in [2.24, 2.45) is 0 Å². The van der Waals surface area contributed by atoms with E-state index in [0.29, 0.717) is 11.5 Å². The lowest BCUT2D eigenvalue weighted by atomic mass is 10.0. The predicted octanol–water partition coefficient (Wildman–Crippen LogP) is 5.89.